The summed E-state index contributed by atoms with van der Waals surface area (Å²) in [5.74, 6) is 2.45. The number of halogens is 1. The Balaban J connectivity index is 0.00000280. The molecule has 2 fully saturated rings. The Labute approximate surface area is 184 Å². The molecule has 0 saturated carbocycles. The van der Waals surface area contributed by atoms with Crippen molar-refractivity contribution >= 4 is 29.9 Å². The Morgan fingerprint density at radius 1 is 1.32 bits per heavy atom. The highest BCUT2D eigenvalue weighted by molar-refractivity contribution is 14.0. The number of piperidine rings is 1. The Morgan fingerprint density at radius 2 is 2.11 bits per heavy atom. The third-order valence-electron chi connectivity index (χ3n) is 5.43. The number of phenols is 1. The van der Waals surface area contributed by atoms with Gasteiger partial charge in [0.2, 0.25) is 0 Å². The van der Waals surface area contributed by atoms with E-state index in [1.807, 2.05) is 6.07 Å². The summed E-state index contributed by atoms with van der Waals surface area (Å²) in [7, 11) is 3.40. The second kappa shape index (κ2) is 11.7. The summed E-state index contributed by atoms with van der Waals surface area (Å²) in [4.78, 5) is 6.88. The van der Waals surface area contributed by atoms with Crippen LogP contribution in [0.4, 0.5) is 0 Å². The summed E-state index contributed by atoms with van der Waals surface area (Å²) in [6.45, 7) is 5.72. The Hall–Kier alpha value is -1.26. The lowest BCUT2D eigenvalue weighted by molar-refractivity contribution is 0.150. The molecule has 0 aliphatic carbocycles. The van der Waals surface area contributed by atoms with E-state index in [9.17, 15) is 5.11 Å². The van der Waals surface area contributed by atoms with Crippen molar-refractivity contribution in [3.05, 3.63) is 23.8 Å². The number of nitrogens with zero attached hydrogens (tertiary/aromatic N) is 2. The third-order valence-corrected chi connectivity index (χ3v) is 5.43. The van der Waals surface area contributed by atoms with Gasteiger partial charge in [-0.1, -0.05) is 0 Å². The van der Waals surface area contributed by atoms with Crippen LogP contribution in [-0.4, -0.2) is 69.0 Å². The standard InChI is InChI=1S/C20H32N4O3.HI/c1-21-20(22-12-16-11-18(26-2)3-4-19(16)25)23-17-5-8-24(9-6-17)13-15-7-10-27-14-15;/h3-4,11,15,17,25H,5-10,12-14H2,1-2H3,(H2,21,22,23);1H. The van der Waals surface area contributed by atoms with Gasteiger partial charge in [-0.2, -0.15) is 0 Å². The van der Waals surface area contributed by atoms with E-state index in [1.165, 1.54) is 6.42 Å². The van der Waals surface area contributed by atoms with Gasteiger partial charge in [-0.05, 0) is 43.4 Å². The van der Waals surface area contributed by atoms with Crippen LogP contribution in [0.2, 0.25) is 0 Å². The number of phenolic OH excluding ortho intramolecular Hbond substituents is 1. The largest absolute Gasteiger partial charge is 0.508 e. The molecule has 8 heteroatoms. The number of guanidine groups is 1. The van der Waals surface area contributed by atoms with Crippen molar-refractivity contribution in [2.24, 2.45) is 10.9 Å². The molecular formula is C20H33IN4O3. The highest BCUT2D eigenvalue weighted by atomic mass is 127. The first kappa shape index (κ1) is 23.0. The summed E-state index contributed by atoms with van der Waals surface area (Å²) in [6.07, 6.45) is 3.42. The number of methoxy groups -OCH3 is 1. The summed E-state index contributed by atoms with van der Waals surface area (Å²) in [5, 5.41) is 16.8. The van der Waals surface area contributed by atoms with E-state index in [2.05, 4.69) is 20.5 Å². The first-order valence-corrected chi connectivity index (χ1v) is 9.81. The molecular weight excluding hydrogens is 471 g/mol. The van der Waals surface area contributed by atoms with E-state index in [1.54, 1.807) is 26.3 Å². The van der Waals surface area contributed by atoms with Crippen LogP contribution >= 0.6 is 24.0 Å². The van der Waals surface area contributed by atoms with E-state index in [4.69, 9.17) is 9.47 Å². The van der Waals surface area contributed by atoms with Gasteiger partial charge in [-0.15, -0.1) is 24.0 Å². The molecule has 3 N–H and O–H groups in total. The Bertz CT molecular complexity index is 630. The lowest BCUT2D eigenvalue weighted by atomic mass is 10.0. The van der Waals surface area contributed by atoms with Gasteiger partial charge in [0.15, 0.2) is 5.96 Å². The van der Waals surface area contributed by atoms with E-state index in [0.29, 0.717) is 18.5 Å². The van der Waals surface area contributed by atoms with Gasteiger partial charge in [0.05, 0.1) is 13.7 Å². The van der Waals surface area contributed by atoms with Crippen molar-refractivity contribution in [1.29, 1.82) is 0 Å². The monoisotopic (exact) mass is 504 g/mol. The van der Waals surface area contributed by atoms with Crippen molar-refractivity contribution in [2.45, 2.75) is 31.8 Å². The fourth-order valence-corrected chi connectivity index (χ4v) is 3.75. The van der Waals surface area contributed by atoms with E-state index in [0.717, 1.165) is 63.0 Å². The van der Waals surface area contributed by atoms with Crippen molar-refractivity contribution in [3.63, 3.8) is 0 Å². The number of aliphatic imine (C=N–C) groups is 1. The molecule has 28 heavy (non-hydrogen) atoms. The number of likely N-dealkylation sites (tertiary alicyclic amines) is 1. The van der Waals surface area contributed by atoms with Crippen LogP contribution in [0.25, 0.3) is 0 Å². The summed E-state index contributed by atoms with van der Waals surface area (Å²) in [5.41, 5.74) is 0.783. The summed E-state index contributed by atoms with van der Waals surface area (Å²) < 4.78 is 10.7. The Morgan fingerprint density at radius 3 is 2.75 bits per heavy atom. The minimum Gasteiger partial charge on any atom is -0.508 e. The van der Waals surface area contributed by atoms with Crippen molar-refractivity contribution in [1.82, 2.24) is 15.5 Å². The summed E-state index contributed by atoms with van der Waals surface area (Å²) >= 11 is 0. The van der Waals surface area contributed by atoms with Crippen LogP contribution in [-0.2, 0) is 11.3 Å². The smallest absolute Gasteiger partial charge is 0.191 e. The minimum absolute atomic E-state index is 0. The van der Waals surface area contributed by atoms with Gasteiger partial charge in [0.1, 0.15) is 11.5 Å². The molecule has 0 aromatic heterocycles. The van der Waals surface area contributed by atoms with E-state index >= 15 is 0 Å². The average molecular weight is 504 g/mol. The maximum absolute atomic E-state index is 10.0. The van der Waals surface area contributed by atoms with Crippen LogP contribution in [0.15, 0.2) is 23.2 Å². The lowest BCUT2D eigenvalue weighted by Crippen LogP contribution is -2.49. The molecule has 1 unspecified atom stereocenters. The van der Waals surface area contributed by atoms with Crippen LogP contribution in [0.3, 0.4) is 0 Å². The topological polar surface area (TPSA) is 78.4 Å². The molecule has 2 heterocycles. The van der Waals surface area contributed by atoms with Crippen molar-refractivity contribution in [2.75, 3.05) is 47.0 Å². The number of aromatic hydroxyl groups is 1. The number of hydrogen-bond donors (Lipinski definition) is 3. The summed E-state index contributed by atoms with van der Waals surface area (Å²) in [6, 6.07) is 5.65. The van der Waals surface area contributed by atoms with E-state index < -0.39 is 0 Å². The predicted octanol–water partition coefficient (Wildman–Crippen LogP) is 2.18. The average Bonchev–Trinajstić information content (AvgIpc) is 3.20. The highest BCUT2D eigenvalue weighted by Crippen LogP contribution is 2.22. The fraction of sp³-hybridized carbons (Fsp3) is 0.650. The number of rotatable bonds is 6. The van der Waals surface area contributed by atoms with Gasteiger partial charge in [-0.25, -0.2) is 0 Å². The molecule has 1 aromatic carbocycles. The zero-order valence-corrected chi connectivity index (χ0v) is 19.1. The lowest BCUT2D eigenvalue weighted by Gasteiger charge is -2.34. The quantitative estimate of drug-likeness (QED) is 0.313. The molecule has 158 valence electrons. The normalized spacial score (nSPS) is 21.2. The van der Waals surface area contributed by atoms with Gasteiger partial charge in [0, 0.05) is 51.4 Å². The van der Waals surface area contributed by atoms with Crippen LogP contribution in [0.1, 0.15) is 24.8 Å². The molecule has 3 rings (SSSR count). The Kier molecular flexibility index (Phi) is 9.60. The minimum atomic E-state index is 0. The molecule has 1 aromatic rings. The zero-order valence-electron chi connectivity index (χ0n) is 16.8. The first-order valence-electron chi connectivity index (χ1n) is 9.81. The highest BCUT2D eigenvalue weighted by Gasteiger charge is 2.24. The van der Waals surface area contributed by atoms with E-state index in [-0.39, 0.29) is 29.7 Å². The second-order valence-corrected chi connectivity index (χ2v) is 7.37. The molecule has 1 atom stereocenters. The van der Waals surface area contributed by atoms with Gasteiger partial charge >= 0.3 is 0 Å². The molecule has 2 aliphatic heterocycles. The number of ether oxygens (including phenoxy) is 2. The number of benzene rings is 1. The van der Waals surface area contributed by atoms with Crippen molar-refractivity contribution in [3.8, 4) is 11.5 Å². The number of hydrogen-bond acceptors (Lipinski definition) is 5. The first-order chi connectivity index (χ1) is 13.2. The van der Waals surface area contributed by atoms with Gasteiger partial charge in [-0.3, -0.25) is 4.99 Å². The molecule has 0 amide bonds. The number of nitrogens with one attached hydrogen (secondary N) is 2. The molecule has 0 spiro atoms. The van der Waals surface area contributed by atoms with Crippen molar-refractivity contribution < 1.29 is 14.6 Å². The maximum Gasteiger partial charge on any atom is 0.191 e. The SMILES string of the molecule is CN=C(NCc1cc(OC)ccc1O)NC1CCN(CC2CCOC2)CC1.I. The predicted molar refractivity (Wildman–Crippen MR) is 122 cm³/mol. The van der Waals surface area contributed by atoms with Crippen LogP contribution in [0, 0.1) is 5.92 Å². The molecule has 0 bridgehead atoms. The zero-order chi connectivity index (χ0) is 19.1. The third kappa shape index (κ3) is 6.66. The molecule has 0 radical (unpaired) electrons. The van der Waals surface area contributed by atoms with Gasteiger partial charge in [0.25, 0.3) is 0 Å². The van der Waals surface area contributed by atoms with Crippen LogP contribution < -0.4 is 15.4 Å². The van der Waals surface area contributed by atoms with Crippen LogP contribution in [0.5, 0.6) is 11.5 Å². The molecule has 2 saturated heterocycles. The molecule has 2 aliphatic rings. The second-order valence-electron chi connectivity index (χ2n) is 7.37. The maximum atomic E-state index is 10.0. The van der Waals surface area contributed by atoms with Gasteiger partial charge < -0.3 is 30.1 Å². The molecule has 7 nitrogen and oxygen atoms in total. The fourth-order valence-electron chi connectivity index (χ4n) is 3.75.